The van der Waals surface area contributed by atoms with Crippen LogP contribution in [0.25, 0.3) is 17.0 Å². The Balaban J connectivity index is 1.20. The van der Waals surface area contributed by atoms with E-state index in [0.717, 1.165) is 18.8 Å². The van der Waals surface area contributed by atoms with Crippen molar-refractivity contribution >= 4 is 28.8 Å². The van der Waals surface area contributed by atoms with Crippen LogP contribution < -0.4 is 10.2 Å². The Morgan fingerprint density at radius 1 is 1.19 bits per heavy atom. The third-order valence-electron chi connectivity index (χ3n) is 7.05. The number of piperazine rings is 1. The lowest BCUT2D eigenvalue weighted by Crippen LogP contribution is -2.48. The summed E-state index contributed by atoms with van der Waals surface area (Å²) in [6.07, 6.45) is 4.39. The number of hydrogen-bond donors (Lipinski definition) is 2. The summed E-state index contributed by atoms with van der Waals surface area (Å²) < 4.78 is 6.68. The number of carbonyl (C=O) groups excluding carboxylic acids is 1. The molecule has 5 heterocycles. The molecule has 0 radical (unpaired) electrons. The van der Waals surface area contributed by atoms with Gasteiger partial charge >= 0.3 is 5.97 Å². The molecular formula is C25H29N9O2. The van der Waals surface area contributed by atoms with Crippen molar-refractivity contribution in [2.45, 2.75) is 45.3 Å². The molecule has 0 saturated carbocycles. The zero-order valence-corrected chi connectivity index (χ0v) is 20.5. The summed E-state index contributed by atoms with van der Waals surface area (Å²) >= 11 is 0. The van der Waals surface area contributed by atoms with Crippen molar-refractivity contribution in [2.75, 3.05) is 29.9 Å². The topological polar surface area (TPSA) is 117 Å². The fourth-order valence-electron chi connectivity index (χ4n) is 5.37. The van der Waals surface area contributed by atoms with Crippen LogP contribution in [0.1, 0.15) is 37.7 Å². The Hall–Kier alpha value is -3.99. The molecule has 11 heteroatoms. The van der Waals surface area contributed by atoms with E-state index < -0.39 is 5.97 Å². The molecule has 11 nitrogen and oxygen atoms in total. The van der Waals surface area contributed by atoms with Gasteiger partial charge in [-0.15, -0.1) is 0 Å². The summed E-state index contributed by atoms with van der Waals surface area (Å²) in [5, 5.41) is 14.6. The summed E-state index contributed by atoms with van der Waals surface area (Å²) in [7, 11) is 0. The van der Waals surface area contributed by atoms with Crippen molar-refractivity contribution in [1.82, 2.24) is 34.7 Å². The molecule has 36 heavy (non-hydrogen) atoms. The first-order valence-corrected chi connectivity index (χ1v) is 12.3. The summed E-state index contributed by atoms with van der Waals surface area (Å²) in [5.41, 5.74) is 4.16. The maximum Gasteiger partial charge on any atom is 0.358 e. The zero-order valence-electron chi connectivity index (χ0n) is 20.5. The predicted molar refractivity (Wildman–Crippen MR) is 135 cm³/mol. The minimum Gasteiger partial charge on any atom is -0.461 e. The SMILES string of the molecule is CCOC(=O)c1cc(-c2cnc(Nc3ccc(N4C[C@@H]5C[C@H]4CN5C(C)C)cc3)c3ncnn23)[nH]n1. The van der Waals surface area contributed by atoms with Crippen molar-refractivity contribution < 1.29 is 9.53 Å². The normalized spacial score (nSPS) is 19.5. The second kappa shape index (κ2) is 8.90. The van der Waals surface area contributed by atoms with Crippen LogP contribution in [0.2, 0.25) is 0 Å². The van der Waals surface area contributed by atoms with Crippen molar-refractivity contribution in [1.29, 1.82) is 0 Å². The van der Waals surface area contributed by atoms with Gasteiger partial charge in [-0.05, 0) is 51.5 Å². The van der Waals surface area contributed by atoms with Gasteiger partial charge < -0.3 is 15.0 Å². The Morgan fingerprint density at radius 2 is 2.03 bits per heavy atom. The van der Waals surface area contributed by atoms with Gasteiger partial charge in [0.1, 0.15) is 12.0 Å². The highest BCUT2D eigenvalue weighted by Crippen LogP contribution is 2.36. The van der Waals surface area contributed by atoms with Crippen molar-refractivity contribution in [3.63, 3.8) is 0 Å². The van der Waals surface area contributed by atoms with Crippen LogP contribution in [0.4, 0.5) is 17.2 Å². The summed E-state index contributed by atoms with van der Waals surface area (Å²) in [5.74, 6) is 0.102. The van der Waals surface area contributed by atoms with Crippen LogP contribution in [-0.4, -0.2) is 78.5 Å². The average Bonchev–Trinajstić information content (AvgIpc) is 3.68. The third-order valence-corrected chi connectivity index (χ3v) is 7.05. The number of carbonyl (C=O) groups is 1. The van der Waals surface area contributed by atoms with Gasteiger partial charge in [-0.2, -0.15) is 10.2 Å². The maximum atomic E-state index is 12.0. The standard InChI is InChI=1S/C25H29N9O2/c1-4-36-25(35)21-10-20(30-31-21)22-11-26-23(24-27-14-28-34(22)24)29-16-5-7-17(8-6-16)33-13-18-9-19(33)12-32(18)15(2)3/h5-8,10-11,14-15,18-19H,4,9,12-13H2,1-3H3,(H,26,29)(H,30,31)/t18-,19-/m0/s1. The molecule has 0 amide bonds. The van der Waals surface area contributed by atoms with E-state index >= 15 is 0 Å². The molecule has 1 aromatic carbocycles. The smallest absolute Gasteiger partial charge is 0.358 e. The number of nitrogens with one attached hydrogen (secondary N) is 2. The number of likely N-dealkylation sites (tertiary alicyclic amines) is 1. The number of nitrogens with zero attached hydrogens (tertiary/aromatic N) is 7. The van der Waals surface area contributed by atoms with Gasteiger partial charge in [0.05, 0.1) is 18.5 Å². The van der Waals surface area contributed by atoms with E-state index in [1.54, 1.807) is 23.7 Å². The van der Waals surface area contributed by atoms with E-state index in [1.807, 2.05) is 0 Å². The lowest BCUT2D eigenvalue weighted by molar-refractivity contribution is 0.0519. The largest absolute Gasteiger partial charge is 0.461 e. The number of anilines is 3. The van der Waals surface area contributed by atoms with Crippen molar-refractivity contribution in [3.8, 4) is 11.4 Å². The molecule has 4 aromatic rings. The van der Waals surface area contributed by atoms with Crippen molar-refractivity contribution in [3.05, 3.63) is 48.5 Å². The molecule has 2 bridgehead atoms. The van der Waals surface area contributed by atoms with Crippen molar-refractivity contribution in [2.24, 2.45) is 0 Å². The first-order valence-electron chi connectivity index (χ1n) is 12.3. The fourth-order valence-corrected chi connectivity index (χ4v) is 5.37. The summed E-state index contributed by atoms with van der Waals surface area (Å²) in [4.78, 5) is 26.1. The predicted octanol–water partition coefficient (Wildman–Crippen LogP) is 3.11. The highest BCUT2D eigenvalue weighted by Gasteiger charge is 2.43. The molecule has 0 unspecified atom stereocenters. The maximum absolute atomic E-state index is 12.0. The molecule has 2 fully saturated rings. The highest BCUT2D eigenvalue weighted by atomic mass is 16.5. The second-order valence-electron chi connectivity index (χ2n) is 9.53. The molecule has 2 N–H and O–H groups in total. The molecular weight excluding hydrogens is 458 g/mol. The fraction of sp³-hybridized carbons (Fsp3) is 0.400. The van der Waals surface area contributed by atoms with E-state index in [2.05, 4.69) is 78.5 Å². The Bertz CT molecular complexity index is 1390. The van der Waals surface area contributed by atoms with E-state index in [0.29, 0.717) is 41.0 Å². The summed E-state index contributed by atoms with van der Waals surface area (Å²) in [6.45, 7) is 8.84. The molecule has 2 aliphatic heterocycles. The Morgan fingerprint density at radius 3 is 2.75 bits per heavy atom. The highest BCUT2D eigenvalue weighted by molar-refractivity contribution is 5.88. The summed E-state index contributed by atoms with van der Waals surface area (Å²) in [6, 6.07) is 11.9. The molecule has 0 aliphatic carbocycles. The lowest BCUT2D eigenvalue weighted by atomic mass is 10.2. The Labute approximate surface area is 208 Å². The van der Waals surface area contributed by atoms with Gasteiger partial charge in [0, 0.05) is 48.7 Å². The van der Waals surface area contributed by atoms with E-state index in [9.17, 15) is 4.79 Å². The number of H-pyrrole nitrogens is 1. The number of aromatic nitrogens is 6. The molecule has 2 saturated heterocycles. The lowest BCUT2D eigenvalue weighted by Gasteiger charge is -2.37. The van der Waals surface area contributed by atoms with Crippen LogP contribution >= 0.6 is 0 Å². The molecule has 0 spiro atoms. The molecule has 2 atom stereocenters. The van der Waals surface area contributed by atoms with Gasteiger partial charge in [-0.1, -0.05) is 0 Å². The van der Waals surface area contributed by atoms with Gasteiger partial charge in [0.25, 0.3) is 0 Å². The van der Waals surface area contributed by atoms with Gasteiger partial charge in [0.15, 0.2) is 17.2 Å². The van der Waals surface area contributed by atoms with Gasteiger partial charge in [0.2, 0.25) is 0 Å². The van der Waals surface area contributed by atoms with Crippen LogP contribution in [-0.2, 0) is 4.74 Å². The zero-order chi connectivity index (χ0) is 24.8. The van der Waals surface area contributed by atoms with E-state index in [4.69, 9.17) is 4.74 Å². The van der Waals surface area contributed by atoms with Crippen LogP contribution in [0.15, 0.2) is 42.9 Å². The van der Waals surface area contributed by atoms with Crippen LogP contribution in [0.5, 0.6) is 0 Å². The van der Waals surface area contributed by atoms with Crippen LogP contribution in [0.3, 0.4) is 0 Å². The number of esters is 1. The first kappa shape index (κ1) is 22.5. The van der Waals surface area contributed by atoms with Gasteiger partial charge in [-0.25, -0.2) is 19.3 Å². The monoisotopic (exact) mass is 487 g/mol. The number of hydrogen-bond acceptors (Lipinski definition) is 9. The molecule has 6 rings (SSSR count). The number of fused-ring (bicyclic) bond motifs is 3. The van der Waals surface area contributed by atoms with E-state index in [1.165, 1.54) is 18.4 Å². The molecule has 186 valence electrons. The number of ether oxygens (including phenoxy) is 1. The minimum atomic E-state index is -0.483. The third kappa shape index (κ3) is 3.85. The molecule has 2 aliphatic rings. The number of rotatable bonds is 7. The molecule has 3 aromatic heterocycles. The number of aromatic amines is 1. The quantitative estimate of drug-likeness (QED) is 0.379. The number of benzene rings is 1. The van der Waals surface area contributed by atoms with E-state index in [-0.39, 0.29) is 12.3 Å². The van der Waals surface area contributed by atoms with Crippen LogP contribution in [0, 0.1) is 0 Å². The average molecular weight is 488 g/mol. The Kier molecular flexibility index (Phi) is 5.56. The second-order valence-corrected chi connectivity index (χ2v) is 9.53. The minimum absolute atomic E-state index is 0.200. The first-order chi connectivity index (χ1) is 17.5. The van der Waals surface area contributed by atoms with Gasteiger partial charge in [-0.3, -0.25) is 10.00 Å².